The smallest absolute Gasteiger partial charge is 0.326 e. The molecular weight excluding hydrogens is 256 g/mol. The number of hydrogen-bond donors (Lipinski definition) is 3. The van der Waals surface area contributed by atoms with Crippen LogP contribution in [0, 0.1) is 5.92 Å². The Morgan fingerprint density at radius 2 is 1.80 bits per heavy atom. The molecule has 5 heteroatoms. The van der Waals surface area contributed by atoms with E-state index in [0.717, 1.165) is 12.8 Å². The Hall–Kier alpha value is -2.04. The molecule has 0 aliphatic carbocycles. The van der Waals surface area contributed by atoms with Crippen LogP contribution in [0.25, 0.3) is 0 Å². The van der Waals surface area contributed by atoms with Crippen molar-refractivity contribution in [3.8, 4) is 0 Å². The van der Waals surface area contributed by atoms with Crippen LogP contribution in [-0.4, -0.2) is 23.1 Å². The molecule has 0 saturated heterocycles. The largest absolute Gasteiger partial charge is 0.480 e. The van der Waals surface area contributed by atoms with Gasteiger partial charge < -0.3 is 15.7 Å². The van der Waals surface area contributed by atoms with Crippen LogP contribution >= 0.6 is 0 Å². The van der Waals surface area contributed by atoms with Crippen LogP contribution in [0.3, 0.4) is 0 Å². The third-order valence-electron chi connectivity index (χ3n) is 2.97. The minimum absolute atomic E-state index is 0.176. The predicted molar refractivity (Wildman–Crippen MR) is 78.9 cm³/mol. The average molecular weight is 278 g/mol. The lowest BCUT2D eigenvalue weighted by Crippen LogP contribution is -2.46. The summed E-state index contributed by atoms with van der Waals surface area (Å²) >= 11 is 0. The molecule has 20 heavy (non-hydrogen) atoms. The normalized spacial score (nSPS) is 12.0. The van der Waals surface area contributed by atoms with Gasteiger partial charge in [0.1, 0.15) is 6.04 Å². The number of amides is 2. The number of rotatable bonds is 6. The maximum absolute atomic E-state index is 11.8. The van der Waals surface area contributed by atoms with Gasteiger partial charge in [-0.2, -0.15) is 0 Å². The van der Waals surface area contributed by atoms with E-state index in [-0.39, 0.29) is 5.92 Å². The molecule has 5 nitrogen and oxygen atoms in total. The summed E-state index contributed by atoms with van der Waals surface area (Å²) in [4.78, 5) is 22.8. The summed E-state index contributed by atoms with van der Waals surface area (Å²) in [6.45, 7) is 5.61. The van der Waals surface area contributed by atoms with Crippen molar-refractivity contribution in [2.75, 3.05) is 5.32 Å². The Bertz CT molecular complexity index is 455. The molecule has 0 aliphatic rings. The van der Waals surface area contributed by atoms with E-state index in [4.69, 9.17) is 5.11 Å². The number of carbonyl (C=O) groups excluding carboxylic acids is 1. The standard InChI is InChI=1S/C15H22N2O3/c1-4-5-11-6-8-12(9-7-11)16-15(20)17-13(10(2)3)14(18)19/h6-10,13H,4-5H2,1-3H3,(H,18,19)(H2,16,17,20). The first-order chi connectivity index (χ1) is 9.43. The maximum atomic E-state index is 11.8. The number of hydrogen-bond acceptors (Lipinski definition) is 2. The second-order valence-corrected chi connectivity index (χ2v) is 5.11. The first-order valence-corrected chi connectivity index (χ1v) is 6.83. The van der Waals surface area contributed by atoms with E-state index in [1.54, 1.807) is 13.8 Å². The monoisotopic (exact) mass is 278 g/mol. The predicted octanol–water partition coefficient (Wildman–Crippen LogP) is 2.87. The van der Waals surface area contributed by atoms with Gasteiger partial charge in [0.15, 0.2) is 0 Å². The molecule has 0 aromatic heterocycles. The highest BCUT2D eigenvalue weighted by Crippen LogP contribution is 2.11. The molecule has 0 radical (unpaired) electrons. The molecule has 1 aromatic rings. The quantitative estimate of drug-likeness (QED) is 0.748. The molecule has 0 saturated carbocycles. The summed E-state index contributed by atoms with van der Waals surface area (Å²) in [5.74, 6) is -1.21. The molecule has 1 unspecified atom stereocenters. The van der Waals surface area contributed by atoms with Gasteiger partial charge in [-0.25, -0.2) is 9.59 Å². The zero-order valence-electron chi connectivity index (χ0n) is 12.1. The summed E-state index contributed by atoms with van der Waals surface area (Å²) in [6.07, 6.45) is 2.07. The van der Waals surface area contributed by atoms with Crippen LogP contribution in [-0.2, 0) is 11.2 Å². The van der Waals surface area contributed by atoms with E-state index >= 15 is 0 Å². The summed E-state index contributed by atoms with van der Waals surface area (Å²) in [5, 5.41) is 14.1. The van der Waals surface area contributed by atoms with Crippen molar-refractivity contribution < 1.29 is 14.7 Å². The van der Waals surface area contributed by atoms with Gasteiger partial charge in [-0.3, -0.25) is 0 Å². The lowest BCUT2D eigenvalue weighted by Gasteiger charge is -2.18. The van der Waals surface area contributed by atoms with Crippen LogP contribution < -0.4 is 10.6 Å². The molecule has 2 amide bonds. The molecule has 110 valence electrons. The second-order valence-electron chi connectivity index (χ2n) is 5.11. The zero-order chi connectivity index (χ0) is 15.1. The Morgan fingerprint density at radius 3 is 2.25 bits per heavy atom. The summed E-state index contributed by atoms with van der Waals surface area (Å²) in [6, 6.07) is 6.14. The van der Waals surface area contributed by atoms with Crippen LogP contribution in [0.2, 0.25) is 0 Å². The fourth-order valence-electron chi connectivity index (χ4n) is 1.87. The SMILES string of the molecule is CCCc1ccc(NC(=O)NC(C(=O)O)C(C)C)cc1. The van der Waals surface area contributed by atoms with Crippen molar-refractivity contribution in [1.82, 2.24) is 5.32 Å². The molecule has 0 fully saturated rings. The van der Waals surface area contributed by atoms with Crippen LogP contribution in [0.15, 0.2) is 24.3 Å². The van der Waals surface area contributed by atoms with Crippen LogP contribution in [0.4, 0.5) is 10.5 Å². The number of aryl methyl sites for hydroxylation is 1. The van der Waals surface area contributed by atoms with E-state index in [1.807, 2.05) is 24.3 Å². The van der Waals surface area contributed by atoms with Crippen molar-refractivity contribution in [2.24, 2.45) is 5.92 Å². The first kappa shape index (κ1) is 16.0. The molecule has 0 bridgehead atoms. The van der Waals surface area contributed by atoms with Crippen LogP contribution in [0.1, 0.15) is 32.8 Å². The topological polar surface area (TPSA) is 78.4 Å². The lowest BCUT2D eigenvalue weighted by atomic mass is 10.1. The number of aliphatic carboxylic acids is 1. The molecule has 1 rings (SSSR count). The lowest BCUT2D eigenvalue weighted by molar-refractivity contribution is -0.140. The Kier molecular flexibility index (Phi) is 6.03. The Balaban J connectivity index is 2.59. The summed E-state index contributed by atoms with van der Waals surface area (Å²) < 4.78 is 0. The maximum Gasteiger partial charge on any atom is 0.326 e. The van der Waals surface area contributed by atoms with E-state index in [1.165, 1.54) is 5.56 Å². The van der Waals surface area contributed by atoms with Crippen molar-refractivity contribution in [1.29, 1.82) is 0 Å². The van der Waals surface area contributed by atoms with Gasteiger partial charge in [-0.05, 0) is 30.0 Å². The number of benzene rings is 1. The molecule has 0 aliphatic heterocycles. The minimum Gasteiger partial charge on any atom is -0.480 e. The molecule has 0 spiro atoms. The van der Waals surface area contributed by atoms with Gasteiger partial charge >= 0.3 is 12.0 Å². The van der Waals surface area contributed by atoms with Crippen molar-refractivity contribution >= 4 is 17.7 Å². The van der Waals surface area contributed by atoms with Gasteiger partial charge in [-0.1, -0.05) is 39.3 Å². The van der Waals surface area contributed by atoms with Gasteiger partial charge in [0.05, 0.1) is 0 Å². The molecule has 0 heterocycles. The Morgan fingerprint density at radius 1 is 1.20 bits per heavy atom. The minimum atomic E-state index is -1.03. The third kappa shape index (κ3) is 4.91. The number of nitrogens with one attached hydrogen (secondary N) is 2. The third-order valence-corrected chi connectivity index (χ3v) is 2.97. The number of urea groups is 1. The van der Waals surface area contributed by atoms with E-state index in [9.17, 15) is 9.59 Å². The van der Waals surface area contributed by atoms with Crippen LogP contribution in [0.5, 0.6) is 0 Å². The van der Waals surface area contributed by atoms with Crippen molar-refractivity contribution in [2.45, 2.75) is 39.7 Å². The molecule has 3 N–H and O–H groups in total. The van der Waals surface area contributed by atoms with E-state index in [0.29, 0.717) is 5.69 Å². The molecular formula is C15H22N2O3. The van der Waals surface area contributed by atoms with Gasteiger partial charge in [0.25, 0.3) is 0 Å². The van der Waals surface area contributed by atoms with Gasteiger partial charge in [-0.15, -0.1) is 0 Å². The van der Waals surface area contributed by atoms with E-state index < -0.39 is 18.0 Å². The summed E-state index contributed by atoms with van der Waals surface area (Å²) in [5.41, 5.74) is 1.86. The number of carbonyl (C=O) groups is 2. The fraction of sp³-hybridized carbons (Fsp3) is 0.467. The second kappa shape index (κ2) is 7.53. The summed E-state index contributed by atoms with van der Waals surface area (Å²) in [7, 11) is 0. The number of carboxylic acid groups (broad SMARTS) is 1. The first-order valence-electron chi connectivity index (χ1n) is 6.83. The highest BCUT2D eigenvalue weighted by Gasteiger charge is 2.23. The number of anilines is 1. The highest BCUT2D eigenvalue weighted by atomic mass is 16.4. The molecule has 1 aromatic carbocycles. The Labute approximate surface area is 119 Å². The zero-order valence-corrected chi connectivity index (χ0v) is 12.1. The molecule has 1 atom stereocenters. The number of carboxylic acids is 1. The highest BCUT2D eigenvalue weighted by molar-refractivity contribution is 5.92. The fourth-order valence-corrected chi connectivity index (χ4v) is 1.87. The van der Waals surface area contributed by atoms with Gasteiger partial charge in [0.2, 0.25) is 0 Å². The van der Waals surface area contributed by atoms with Crippen molar-refractivity contribution in [3.63, 3.8) is 0 Å². The van der Waals surface area contributed by atoms with E-state index in [2.05, 4.69) is 17.6 Å². The van der Waals surface area contributed by atoms with Gasteiger partial charge in [0, 0.05) is 5.69 Å². The van der Waals surface area contributed by atoms with Crippen molar-refractivity contribution in [3.05, 3.63) is 29.8 Å². The average Bonchev–Trinajstić information content (AvgIpc) is 2.38.